The molecule has 0 radical (unpaired) electrons. The Kier molecular flexibility index (Phi) is 5.06. The molecule has 3 rings (SSSR count). The van der Waals surface area contributed by atoms with Crippen LogP contribution in [0.25, 0.3) is 0 Å². The molecule has 0 aromatic rings. The van der Waals surface area contributed by atoms with E-state index in [2.05, 4.69) is 0 Å². The summed E-state index contributed by atoms with van der Waals surface area (Å²) in [6.45, 7) is 2.62. The summed E-state index contributed by atoms with van der Waals surface area (Å²) in [5.74, 6) is -0.619. The lowest BCUT2D eigenvalue weighted by Crippen LogP contribution is -2.43. The molecule has 2 aliphatic heterocycles. The van der Waals surface area contributed by atoms with Gasteiger partial charge >= 0.3 is 11.9 Å². The number of nitrogens with zero attached hydrogens (tertiary/aromatic N) is 2. The molecule has 132 valence electrons. The van der Waals surface area contributed by atoms with Gasteiger partial charge in [-0.15, -0.1) is 0 Å². The third-order valence-corrected chi connectivity index (χ3v) is 4.47. The van der Waals surface area contributed by atoms with Crippen LogP contribution >= 0.6 is 0 Å². The number of esters is 2. The van der Waals surface area contributed by atoms with Gasteiger partial charge in [-0.25, -0.2) is 9.59 Å². The first-order valence-electron chi connectivity index (χ1n) is 7.91. The highest BCUT2D eigenvalue weighted by molar-refractivity contribution is 5.96. The van der Waals surface area contributed by atoms with Crippen molar-refractivity contribution < 1.29 is 28.5 Å². The standard InChI is InChI=1S/C16H22N2O6/c1-21-5-3-17-9-23-15(19)11-8-14-12(7-13(11)17)16(20)24-10-18(14)4-6-22-2/h3-10H2,1-2H3. The number of allylic oxidation sites excluding steroid dienone is 2. The molecule has 0 bridgehead atoms. The Morgan fingerprint density at radius 3 is 1.62 bits per heavy atom. The monoisotopic (exact) mass is 338 g/mol. The normalized spacial score (nSPS) is 20.8. The van der Waals surface area contributed by atoms with E-state index >= 15 is 0 Å². The van der Waals surface area contributed by atoms with Crippen LogP contribution in [0.2, 0.25) is 0 Å². The van der Waals surface area contributed by atoms with Crippen molar-refractivity contribution in [2.24, 2.45) is 0 Å². The van der Waals surface area contributed by atoms with E-state index in [-0.39, 0.29) is 25.4 Å². The van der Waals surface area contributed by atoms with Crippen molar-refractivity contribution >= 4 is 11.9 Å². The topological polar surface area (TPSA) is 77.5 Å². The van der Waals surface area contributed by atoms with Crippen LogP contribution in [0.5, 0.6) is 0 Å². The van der Waals surface area contributed by atoms with Crippen molar-refractivity contribution in [2.45, 2.75) is 12.8 Å². The molecule has 0 saturated heterocycles. The van der Waals surface area contributed by atoms with Gasteiger partial charge in [-0.2, -0.15) is 0 Å². The van der Waals surface area contributed by atoms with Gasteiger partial charge in [0.25, 0.3) is 0 Å². The average Bonchev–Trinajstić information content (AvgIpc) is 2.60. The van der Waals surface area contributed by atoms with Crippen LogP contribution in [0.1, 0.15) is 12.8 Å². The lowest BCUT2D eigenvalue weighted by Gasteiger charge is -2.40. The second kappa shape index (κ2) is 7.23. The number of rotatable bonds is 6. The number of hydrogen-bond acceptors (Lipinski definition) is 8. The molecule has 2 heterocycles. The maximum Gasteiger partial charge on any atom is 0.337 e. The fraction of sp³-hybridized carbons (Fsp3) is 0.625. The van der Waals surface area contributed by atoms with Crippen LogP contribution in [-0.2, 0) is 28.5 Å². The van der Waals surface area contributed by atoms with Gasteiger partial charge in [-0.3, -0.25) is 0 Å². The summed E-state index contributed by atoms with van der Waals surface area (Å²) in [6.07, 6.45) is 0.762. The predicted molar refractivity (Wildman–Crippen MR) is 82.4 cm³/mol. The van der Waals surface area contributed by atoms with Crippen molar-refractivity contribution in [3.05, 3.63) is 22.5 Å². The van der Waals surface area contributed by atoms with Crippen LogP contribution in [0.4, 0.5) is 0 Å². The first-order valence-corrected chi connectivity index (χ1v) is 7.91. The van der Waals surface area contributed by atoms with Gasteiger partial charge in [0.2, 0.25) is 0 Å². The first kappa shape index (κ1) is 16.8. The minimum atomic E-state index is -0.309. The molecular weight excluding hydrogens is 316 g/mol. The molecule has 0 aromatic carbocycles. The Labute approximate surface area is 140 Å². The van der Waals surface area contributed by atoms with Crippen molar-refractivity contribution in [3.8, 4) is 0 Å². The van der Waals surface area contributed by atoms with Gasteiger partial charge in [0.05, 0.1) is 24.4 Å². The minimum Gasteiger partial charge on any atom is -0.441 e. The molecule has 0 amide bonds. The molecule has 0 saturated carbocycles. The summed E-state index contributed by atoms with van der Waals surface area (Å²) in [6, 6.07) is 0. The third-order valence-electron chi connectivity index (χ3n) is 4.47. The summed E-state index contributed by atoms with van der Waals surface area (Å²) >= 11 is 0. The number of ether oxygens (including phenoxy) is 4. The molecule has 1 aliphatic carbocycles. The van der Waals surface area contributed by atoms with Gasteiger partial charge in [0.1, 0.15) is 0 Å². The molecule has 8 nitrogen and oxygen atoms in total. The summed E-state index contributed by atoms with van der Waals surface area (Å²) in [7, 11) is 3.25. The lowest BCUT2D eigenvalue weighted by molar-refractivity contribution is -0.149. The van der Waals surface area contributed by atoms with E-state index in [1.54, 1.807) is 14.2 Å². The molecule has 0 unspecified atom stereocenters. The Balaban J connectivity index is 1.86. The molecule has 8 heteroatoms. The summed E-state index contributed by atoms with van der Waals surface area (Å²) < 4.78 is 20.8. The summed E-state index contributed by atoms with van der Waals surface area (Å²) in [5.41, 5.74) is 2.92. The van der Waals surface area contributed by atoms with Crippen molar-refractivity contribution in [1.82, 2.24) is 9.80 Å². The maximum atomic E-state index is 12.2. The van der Waals surface area contributed by atoms with E-state index in [0.29, 0.717) is 50.3 Å². The molecular formula is C16H22N2O6. The fourth-order valence-corrected chi connectivity index (χ4v) is 3.14. The Bertz CT molecular complexity index is 545. The smallest absolute Gasteiger partial charge is 0.337 e. The number of methoxy groups -OCH3 is 2. The molecule has 0 spiro atoms. The van der Waals surface area contributed by atoms with Crippen LogP contribution in [-0.4, -0.2) is 75.7 Å². The summed E-state index contributed by atoms with van der Waals surface area (Å²) in [5, 5.41) is 0. The van der Waals surface area contributed by atoms with Crippen LogP contribution < -0.4 is 0 Å². The number of cyclic esters (lactones) is 2. The average molecular weight is 338 g/mol. The van der Waals surface area contributed by atoms with E-state index in [1.165, 1.54) is 0 Å². The highest BCUT2D eigenvalue weighted by Crippen LogP contribution is 2.38. The zero-order valence-electron chi connectivity index (χ0n) is 14.0. The zero-order valence-corrected chi connectivity index (χ0v) is 14.0. The molecule has 0 fully saturated rings. The largest absolute Gasteiger partial charge is 0.441 e. The third kappa shape index (κ3) is 3.11. The van der Waals surface area contributed by atoms with E-state index in [4.69, 9.17) is 18.9 Å². The molecule has 3 aliphatic rings. The van der Waals surface area contributed by atoms with E-state index in [1.807, 2.05) is 9.80 Å². The number of carbonyl (C=O) groups is 2. The van der Waals surface area contributed by atoms with Crippen LogP contribution in [0.3, 0.4) is 0 Å². The van der Waals surface area contributed by atoms with Crippen molar-refractivity contribution in [1.29, 1.82) is 0 Å². The number of hydrogen-bond donors (Lipinski definition) is 0. The van der Waals surface area contributed by atoms with Crippen molar-refractivity contribution in [2.75, 3.05) is 54.0 Å². The second-order valence-corrected chi connectivity index (χ2v) is 5.84. The zero-order chi connectivity index (χ0) is 17.1. The second-order valence-electron chi connectivity index (χ2n) is 5.84. The summed E-state index contributed by atoms with van der Waals surface area (Å²) in [4.78, 5) is 28.3. The highest BCUT2D eigenvalue weighted by atomic mass is 16.6. The molecule has 0 aromatic heterocycles. The van der Waals surface area contributed by atoms with E-state index in [9.17, 15) is 9.59 Å². The molecule has 0 atom stereocenters. The van der Waals surface area contributed by atoms with Gasteiger partial charge in [-0.05, 0) is 0 Å². The predicted octanol–water partition coefficient (Wildman–Crippen LogP) is 0.214. The minimum absolute atomic E-state index is 0.187. The SMILES string of the molecule is COCCN1COC(=O)C2=C1CC1=C(C2)N(CCOC)COC1=O. The molecule has 0 N–H and O–H groups in total. The van der Waals surface area contributed by atoms with E-state index < -0.39 is 0 Å². The van der Waals surface area contributed by atoms with Gasteiger partial charge in [-0.1, -0.05) is 0 Å². The van der Waals surface area contributed by atoms with Gasteiger partial charge in [0.15, 0.2) is 13.5 Å². The Morgan fingerprint density at radius 2 is 1.25 bits per heavy atom. The maximum absolute atomic E-state index is 12.2. The fourth-order valence-electron chi connectivity index (χ4n) is 3.14. The van der Waals surface area contributed by atoms with Crippen molar-refractivity contribution in [3.63, 3.8) is 0 Å². The number of carbonyl (C=O) groups excluding carboxylic acids is 2. The Hall–Kier alpha value is -2.06. The van der Waals surface area contributed by atoms with Gasteiger partial charge < -0.3 is 28.7 Å². The first-order chi connectivity index (χ1) is 11.7. The van der Waals surface area contributed by atoms with Crippen LogP contribution in [0, 0.1) is 0 Å². The highest BCUT2D eigenvalue weighted by Gasteiger charge is 2.38. The van der Waals surface area contributed by atoms with Crippen LogP contribution in [0.15, 0.2) is 22.5 Å². The Morgan fingerprint density at radius 1 is 0.833 bits per heavy atom. The van der Waals surface area contributed by atoms with Gasteiger partial charge in [0, 0.05) is 51.5 Å². The lowest BCUT2D eigenvalue weighted by atomic mass is 9.90. The van der Waals surface area contributed by atoms with E-state index in [0.717, 1.165) is 11.4 Å². The quantitative estimate of drug-likeness (QED) is 0.636. The molecule has 24 heavy (non-hydrogen) atoms.